The predicted molar refractivity (Wildman–Crippen MR) is 85.7 cm³/mol. The van der Waals surface area contributed by atoms with Crippen LogP contribution in [0.15, 0.2) is 18.2 Å². The molecule has 1 aromatic rings. The van der Waals surface area contributed by atoms with Crippen LogP contribution in [-0.2, 0) is 28.7 Å². The third-order valence-corrected chi connectivity index (χ3v) is 4.26. The van der Waals surface area contributed by atoms with Gasteiger partial charge in [0, 0.05) is 11.8 Å². The summed E-state index contributed by atoms with van der Waals surface area (Å²) < 4.78 is 15.4. The highest BCUT2D eigenvalue weighted by molar-refractivity contribution is 5.74. The molecular formula is C18H22O7. The van der Waals surface area contributed by atoms with Gasteiger partial charge in [-0.15, -0.1) is 0 Å². The summed E-state index contributed by atoms with van der Waals surface area (Å²) in [6.07, 6.45) is 0.468. The number of benzene rings is 1. The SMILES string of the molecule is COC(=O)CC1COc2cc(C)ccc2C1C(C)C(=O)OC.O=C=O. The molecule has 3 unspecified atom stereocenters. The smallest absolute Gasteiger partial charge is 0.373 e. The van der Waals surface area contributed by atoms with Gasteiger partial charge in [-0.3, -0.25) is 9.59 Å². The Bertz CT molecular complexity index is 647. The minimum Gasteiger partial charge on any atom is -0.493 e. The van der Waals surface area contributed by atoms with E-state index in [9.17, 15) is 9.59 Å². The van der Waals surface area contributed by atoms with Gasteiger partial charge in [-0.1, -0.05) is 19.1 Å². The number of esters is 2. The van der Waals surface area contributed by atoms with Crippen LogP contribution in [0.3, 0.4) is 0 Å². The molecule has 25 heavy (non-hydrogen) atoms. The Balaban J connectivity index is 0.000000970. The molecule has 0 saturated heterocycles. The van der Waals surface area contributed by atoms with Crippen molar-refractivity contribution in [1.82, 2.24) is 0 Å². The lowest BCUT2D eigenvalue weighted by molar-refractivity contribution is -0.191. The molecule has 0 radical (unpaired) electrons. The highest BCUT2D eigenvalue weighted by atomic mass is 16.5. The molecule has 0 aromatic heterocycles. The summed E-state index contributed by atoms with van der Waals surface area (Å²) in [5.41, 5.74) is 2.04. The van der Waals surface area contributed by atoms with Gasteiger partial charge in [-0.2, -0.15) is 9.59 Å². The van der Waals surface area contributed by atoms with E-state index in [0.29, 0.717) is 6.61 Å². The van der Waals surface area contributed by atoms with Crippen LogP contribution in [-0.4, -0.2) is 38.9 Å². The molecule has 7 nitrogen and oxygen atoms in total. The lowest BCUT2D eigenvalue weighted by atomic mass is 9.74. The summed E-state index contributed by atoms with van der Waals surface area (Å²) >= 11 is 0. The number of fused-ring (bicyclic) bond motifs is 1. The average molecular weight is 350 g/mol. The molecule has 0 aliphatic carbocycles. The van der Waals surface area contributed by atoms with E-state index in [1.165, 1.54) is 14.2 Å². The number of carbonyl (C=O) groups is 2. The van der Waals surface area contributed by atoms with Crippen molar-refractivity contribution in [2.24, 2.45) is 11.8 Å². The van der Waals surface area contributed by atoms with Crippen molar-refractivity contribution < 1.29 is 33.4 Å². The van der Waals surface area contributed by atoms with Crippen LogP contribution in [0.5, 0.6) is 5.75 Å². The zero-order valence-corrected chi connectivity index (χ0v) is 14.7. The summed E-state index contributed by atoms with van der Waals surface area (Å²) in [6, 6.07) is 5.92. The third-order valence-electron chi connectivity index (χ3n) is 4.26. The Hall–Kier alpha value is -2.66. The Morgan fingerprint density at radius 3 is 2.48 bits per heavy atom. The normalized spacial score (nSPS) is 19.0. The molecule has 3 atom stereocenters. The van der Waals surface area contributed by atoms with Crippen molar-refractivity contribution in [3.63, 3.8) is 0 Å². The summed E-state index contributed by atoms with van der Waals surface area (Å²) in [5.74, 6) is -0.404. The first-order valence-electron chi connectivity index (χ1n) is 7.76. The van der Waals surface area contributed by atoms with Crippen LogP contribution >= 0.6 is 0 Å². The average Bonchev–Trinajstić information content (AvgIpc) is 2.60. The van der Waals surface area contributed by atoms with Crippen molar-refractivity contribution >= 4 is 18.1 Å². The van der Waals surface area contributed by atoms with E-state index in [4.69, 9.17) is 23.8 Å². The molecule has 1 aliphatic heterocycles. The predicted octanol–water partition coefficient (Wildman–Crippen LogP) is 1.88. The van der Waals surface area contributed by atoms with E-state index in [-0.39, 0.29) is 42.3 Å². The van der Waals surface area contributed by atoms with Gasteiger partial charge in [-0.05, 0) is 24.1 Å². The Labute approximate surface area is 146 Å². The first kappa shape index (κ1) is 20.4. The molecule has 2 rings (SSSR count). The van der Waals surface area contributed by atoms with Crippen molar-refractivity contribution in [3.8, 4) is 5.75 Å². The number of carbonyl (C=O) groups excluding carboxylic acids is 4. The minimum atomic E-state index is -0.356. The Kier molecular flexibility index (Phi) is 7.82. The molecule has 0 bridgehead atoms. The third kappa shape index (κ3) is 5.16. The van der Waals surface area contributed by atoms with Crippen LogP contribution in [0.4, 0.5) is 0 Å². The van der Waals surface area contributed by atoms with E-state index in [2.05, 4.69) is 0 Å². The fourth-order valence-corrected chi connectivity index (χ4v) is 3.09. The number of ether oxygens (including phenoxy) is 3. The number of rotatable bonds is 4. The van der Waals surface area contributed by atoms with Crippen LogP contribution in [0.25, 0.3) is 0 Å². The Morgan fingerprint density at radius 2 is 1.92 bits per heavy atom. The van der Waals surface area contributed by atoms with Gasteiger partial charge in [0.2, 0.25) is 0 Å². The van der Waals surface area contributed by atoms with Crippen molar-refractivity contribution in [2.45, 2.75) is 26.2 Å². The molecule has 1 aromatic carbocycles. The molecule has 0 fully saturated rings. The van der Waals surface area contributed by atoms with Gasteiger partial charge in [0.25, 0.3) is 0 Å². The fraction of sp³-hybridized carbons (Fsp3) is 0.500. The van der Waals surface area contributed by atoms with Crippen LogP contribution in [0, 0.1) is 18.8 Å². The van der Waals surface area contributed by atoms with Crippen LogP contribution < -0.4 is 4.74 Å². The second-order valence-corrected chi connectivity index (χ2v) is 5.81. The van der Waals surface area contributed by atoms with E-state index in [0.717, 1.165) is 16.9 Å². The lowest BCUT2D eigenvalue weighted by Gasteiger charge is -2.36. The Morgan fingerprint density at radius 1 is 1.28 bits per heavy atom. The molecule has 0 amide bonds. The van der Waals surface area contributed by atoms with Crippen molar-refractivity contribution in [2.75, 3.05) is 20.8 Å². The summed E-state index contributed by atoms with van der Waals surface area (Å²) in [6.45, 7) is 4.20. The summed E-state index contributed by atoms with van der Waals surface area (Å²) in [4.78, 5) is 39.9. The van der Waals surface area contributed by atoms with Gasteiger partial charge in [0.15, 0.2) is 0 Å². The fourth-order valence-electron chi connectivity index (χ4n) is 3.09. The second-order valence-electron chi connectivity index (χ2n) is 5.81. The maximum absolute atomic E-state index is 12.0. The topological polar surface area (TPSA) is 96.0 Å². The molecule has 7 heteroatoms. The molecular weight excluding hydrogens is 328 g/mol. The quantitative estimate of drug-likeness (QED) is 0.765. The molecule has 0 N–H and O–H groups in total. The first-order valence-corrected chi connectivity index (χ1v) is 7.76. The standard InChI is InChI=1S/C17H22O5.CO2/c1-10-5-6-13-14(7-10)22-9-12(8-15(18)20-3)16(13)11(2)17(19)21-4;2-1-3/h5-7,11-12,16H,8-9H2,1-4H3;. The summed E-state index contributed by atoms with van der Waals surface area (Å²) in [5, 5.41) is 0. The molecule has 0 spiro atoms. The number of hydrogen-bond donors (Lipinski definition) is 0. The highest BCUT2D eigenvalue weighted by Crippen LogP contribution is 2.43. The van der Waals surface area contributed by atoms with Crippen molar-refractivity contribution in [1.29, 1.82) is 0 Å². The largest absolute Gasteiger partial charge is 0.493 e. The zero-order valence-electron chi connectivity index (χ0n) is 14.7. The molecule has 1 aliphatic rings. The van der Waals surface area contributed by atoms with E-state index in [1.807, 2.05) is 32.0 Å². The van der Waals surface area contributed by atoms with E-state index < -0.39 is 0 Å². The molecule has 0 saturated carbocycles. The monoisotopic (exact) mass is 350 g/mol. The van der Waals surface area contributed by atoms with E-state index in [1.54, 1.807) is 0 Å². The lowest BCUT2D eigenvalue weighted by Crippen LogP contribution is -2.35. The first-order chi connectivity index (χ1) is 11.9. The van der Waals surface area contributed by atoms with Gasteiger partial charge < -0.3 is 14.2 Å². The maximum atomic E-state index is 12.0. The maximum Gasteiger partial charge on any atom is 0.373 e. The van der Waals surface area contributed by atoms with Crippen LogP contribution in [0.2, 0.25) is 0 Å². The van der Waals surface area contributed by atoms with Gasteiger partial charge in [-0.25, -0.2) is 0 Å². The van der Waals surface area contributed by atoms with Gasteiger partial charge >= 0.3 is 18.1 Å². The molecule has 1 heterocycles. The second kappa shape index (κ2) is 9.59. The highest BCUT2D eigenvalue weighted by Gasteiger charge is 2.39. The van der Waals surface area contributed by atoms with Crippen LogP contribution in [0.1, 0.15) is 30.4 Å². The number of hydrogen-bond acceptors (Lipinski definition) is 7. The summed E-state index contributed by atoms with van der Waals surface area (Å²) in [7, 11) is 2.74. The van der Waals surface area contributed by atoms with Crippen molar-refractivity contribution in [3.05, 3.63) is 29.3 Å². The number of methoxy groups -OCH3 is 2. The minimum absolute atomic E-state index is 0.114. The molecule has 136 valence electrons. The van der Waals surface area contributed by atoms with Gasteiger partial charge in [0.05, 0.1) is 33.2 Å². The number of aryl methyl sites for hydroxylation is 1. The van der Waals surface area contributed by atoms with E-state index >= 15 is 0 Å². The zero-order chi connectivity index (χ0) is 19.0. The van der Waals surface area contributed by atoms with Gasteiger partial charge in [0.1, 0.15) is 5.75 Å².